The fraction of sp³-hybridized carbons (Fsp3) is 0.600. The molecule has 0 spiro atoms. The van der Waals surface area contributed by atoms with Crippen molar-refractivity contribution in [3.63, 3.8) is 0 Å². The lowest BCUT2D eigenvalue weighted by atomic mass is 9.99. The van der Waals surface area contributed by atoms with E-state index in [2.05, 4.69) is 4.72 Å². The van der Waals surface area contributed by atoms with Crippen LogP contribution in [0.4, 0.5) is 0 Å². The van der Waals surface area contributed by atoms with Crippen LogP contribution in [-0.4, -0.2) is 46.0 Å². The Bertz CT molecular complexity index is 735. The van der Waals surface area contributed by atoms with Crippen molar-refractivity contribution >= 4 is 20.0 Å². The Balaban J connectivity index is 1.51. The van der Waals surface area contributed by atoms with Crippen LogP contribution < -0.4 is 4.72 Å². The van der Waals surface area contributed by atoms with E-state index in [1.165, 1.54) is 0 Å². The zero-order valence-corrected chi connectivity index (χ0v) is 14.5. The van der Waals surface area contributed by atoms with Gasteiger partial charge in [0.2, 0.25) is 20.0 Å². The van der Waals surface area contributed by atoms with E-state index in [1.807, 2.05) is 0 Å². The smallest absolute Gasteiger partial charge is 0.212 e. The topological polar surface area (TPSA) is 83.6 Å². The van der Waals surface area contributed by atoms with Crippen LogP contribution in [0.1, 0.15) is 25.7 Å². The number of hydrogen-bond donors (Lipinski definition) is 1. The van der Waals surface area contributed by atoms with Gasteiger partial charge in [0.05, 0.1) is 10.1 Å². The molecule has 3 rings (SSSR count). The highest BCUT2D eigenvalue weighted by Gasteiger charge is 2.41. The third-order valence-corrected chi connectivity index (χ3v) is 8.33. The van der Waals surface area contributed by atoms with Crippen molar-refractivity contribution in [1.82, 2.24) is 9.03 Å². The van der Waals surface area contributed by atoms with E-state index in [1.54, 1.807) is 34.6 Å². The molecule has 0 atom stereocenters. The summed E-state index contributed by atoms with van der Waals surface area (Å²) in [6.07, 6.45) is 2.95. The molecule has 1 heterocycles. The number of nitrogens with zero attached hydrogens (tertiary/aromatic N) is 1. The van der Waals surface area contributed by atoms with Gasteiger partial charge in [0.25, 0.3) is 0 Å². The summed E-state index contributed by atoms with van der Waals surface area (Å²) in [6, 6.07) is 8.28. The van der Waals surface area contributed by atoms with Gasteiger partial charge in [-0.3, -0.25) is 0 Å². The standard InChI is InChI=1S/C15H22N2O4S2/c18-22(19,14-4-2-1-3-5-14)16-12-13-8-10-17(11-9-13)23(20,21)15-6-7-15/h1-5,13,15-16H,6-12H2. The van der Waals surface area contributed by atoms with Crippen LogP contribution >= 0.6 is 0 Å². The van der Waals surface area contributed by atoms with Crippen LogP contribution in [0.15, 0.2) is 35.2 Å². The van der Waals surface area contributed by atoms with E-state index in [0.717, 1.165) is 12.8 Å². The predicted octanol–water partition coefficient (Wildman–Crippen LogP) is 1.17. The molecule has 8 heteroatoms. The molecule has 0 unspecified atom stereocenters. The first-order valence-electron chi connectivity index (χ1n) is 7.93. The molecule has 6 nitrogen and oxygen atoms in total. The summed E-state index contributed by atoms with van der Waals surface area (Å²) in [6.45, 7) is 1.35. The van der Waals surface area contributed by atoms with E-state index >= 15 is 0 Å². The van der Waals surface area contributed by atoms with Crippen molar-refractivity contribution in [3.8, 4) is 0 Å². The molecule has 1 aromatic carbocycles. The van der Waals surface area contributed by atoms with Gasteiger partial charge < -0.3 is 0 Å². The Morgan fingerprint density at radius 2 is 1.57 bits per heavy atom. The van der Waals surface area contributed by atoms with Crippen molar-refractivity contribution in [2.75, 3.05) is 19.6 Å². The van der Waals surface area contributed by atoms with Crippen LogP contribution in [0.2, 0.25) is 0 Å². The molecule has 1 saturated heterocycles. The number of rotatable bonds is 6. The summed E-state index contributed by atoms with van der Waals surface area (Å²) in [4.78, 5) is 0.258. The largest absolute Gasteiger partial charge is 0.240 e. The normalized spacial score (nSPS) is 21.4. The maximum atomic E-state index is 12.2. The van der Waals surface area contributed by atoms with Gasteiger partial charge in [0, 0.05) is 19.6 Å². The van der Waals surface area contributed by atoms with E-state index in [9.17, 15) is 16.8 Å². The molecule has 0 bridgehead atoms. The summed E-state index contributed by atoms with van der Waals surface area (Å²) < 4.78 is 52.9. The molecule has 1 aromatic rings. The predicted molar refractivity (Wildman–Crippen MR) is 87.9 cm³/mol. The zero-order valence-electron chi connectivity index (χ0n) is 12.9. The second-order valence-electron chi connectivity index (χ2n) is 6.25. The Hall–Kier alpha value is -0.960. The van der Waals surface area contributed by atoms with Gasteiger partial charge in [-0.1, -0.05) is 18.2 Å². The van der Waals surface area contributed by atoms with E-state index in [-0.39, 0.29) is 16.1 Å². The molecule has 2 aliphatic rings. The number of nitrogens with one attached hydrogen (secondary N) is 1. The summed E-state index contributed by atoms with van der Waals surface area (Å²) in [5, 5.41) is -0.171. The number of piperidine rings is 1. The average molecular weight is 358 g/mol. The zero-order chi connectivity index (χ0) is 16.5. The van der Waals surface area contributed by atoms with Crippen molar-refractivity contribution < 1.29 is 16.8 Å². The van der Waals surface area contributed by atoms with Crippen molar-refractivity contribution in [3.05, 3.63) is 30.3 Å². The first kappa shape index (κ1) is 16.9. The van der Waals surface area contributed by atoms with E-state index in [0.29, 0.717) is 32.5 Å². The van der Waals surface area contributed by atoms with Gasteiger partial charge >= 0.3 is 0 Å². The fourth-order valence-corrected chi connectivity index (χ4v) is 5.87. The fourth-order valence-electron chi connectivity index (χ4n) is 2.86. The van der Waals surface area contributed by atoms with Gasteiger partial charge in [-0.15, -0.1) is 0 Å². The molecule has 1 N–H and O–H groups in total. The molecule has 2 fully saturated rings. The van der Waals surface area contributed by atoms with E-state index < -0.39 is 20.0 Å². The minimum absolute atomic E-state index is 0.171. The SMILES string of the molecule is O=S(=O)(NCC1CCN(S(=O)(=O)C2CC2)CC1)c1ccccc1. The summed E-state index contributed by atoms with van der Waals surface area (Å²) in [7, 11) is -6.59. The molecule has 1 aliphatic carbocycles. The van der Waals surface area contributed by atoms with Gasteiger partial charge in [0.1, 0.15) is 0 Å². The lowest BCUT2D eigenvalue weighted by molar-refractivity contribution is 0.274. The third kappa shape index (κ3) is 3.93. The Morgan fingerprint density at radius 3 is 2.13 bits per heavy atom. The highest BCUT2D eigenvalue weighted by molar-refractivity contribution is 7.90. The Labute approximate surface area is 138 Å². The number of hydrogen-bond acceptors (Lipinski definition) is 4. The first-order valence-corrected chi connectivity index (χ1v) is 10.9. The van der Waals surface area contributed by atoms with Gasteiger partial charge in [-0.05, 0) is 43.7 Å². The maximum absolute atomic E-state index is 12.2. The Morgan fingerprint density at radius 1 is 0.957 bits per heavy atom. The van der Waals surface area contributed by atoms with Crippen molar-refractivity contribution in [2.24, 2.45) is 5.92 Å². The number of benzene rings is 1. The molecule has 0 aromatic heterocycles. The van der Waals surface area contributed by atoms with Gasteiger partial charge in [-0.25, -0.2) is 25.9 Å². The average Bonchev–Trinajstić information content (AvgIpc) is 3.40. The quantitative estimate of drug-likeness (QED) is 0.827. The minimum atomic E-state index is -3.49. The lowest BCUT2D eigenvalue weighted by Gasteiger charge is -2.31. The highest BCUT2D eigenvalue weighted by atomic mass is 32.2. The summed E-state index contributed by atoms with van der Waals surface area (Å²) in [5.41, 5.74) is 0. The monoisotopic (exact) mass is 358 g/mol. The van der Waals surface area contributed by atoms with Crippen LogP contribution in [0, 0.1) is 5.92 Å². The molecule has 1 saturated carbocycles. The first-order chi connectivity index (χ1) is 10.9. The van der Waals surface area contributed by atoms with Crippen LogP contribution in [0.3, 0.4) is 0 Å². The molecular weight excluding hydrogens is 336 g/mol. The Kier molecular flexibility index (Phi) is 4.78. The minimum Gasteiger partial charge on any atom is -0.212 e. The maximum Gasteiger partial charge on any atom is 0.240 e. The molecule has 128 valence electrons. The summed E-state index contributed by atoms with van der Waals surface area (Å²) in [5.74, 6) is 0.180. The third-order valence-electron chi connectivity index (χ3n) is 4.49. The van der Waals surface area contributed by atoms with Crippen molar-refractivity contribution in [2.45, 2.75) is 35.8 Å². The van der Waals surface area contributed by atoms with Crippen molar-refractivity contribution in [1.29, 1.82) is 0 Å². The molecule has 23 heavy (non-hydrogen) atoms. The molecule has 0 radical (unpaired) electrons. The lowest BCUT2D eigenvalue weighted by Crippen LogP contribution is -2.42. The van der Waals surface area contributed by atoms with Crippen LogP contribution in [0.25, 0.3) is 0 Å². The highest BCUT2D eigenvalue weighted by Crippen LogP contribution is 2.33. The number of sulfonamides is 2. The second kappa shape index (κ2) is 6.51. The van der Waals surface area contributed by atoms with Crippen LogP contribution in [-0.2, 0) is 20.0 Å². The second-order valence-corrected chi connectivity index (χ2v) is 10.2. The van der Waals surface area contributed by atoms with Gasteiger partial charge in [-0.2, -0.15) is 0 Å². The van der Waals surface area contributed by atoms with Gasteiger partial charge in [0.15, 0.2) is 0 Å². The molecule has 0 amide bonds. The van der Waals surface area contributed by atoms with Crippen LogP contribution in [0.5, 0.6) is 0 Å². The molecule has 1 aliphatic heterocycles. The summed E-state index contributed by atoms with van der Waals surface area (Å²) >= 11 is 0. The molecular formula is C15H22N2O4S2. The van der Waals surface area contributed by atoms with E-state index in [4.69, 9.17) is 0 Å².